The van der Waals surface area contributed by atoms with Gasteiger partial charge in [-0.25, -0.2) is 0 Å². The smallest absolute Gasteiger partial charge is 0.136 e. The topological polar surface area (TPSA) is 38.3 Å². The van der Waals surface area contributed by atoms with Crippen LogP contribution in [-0.4, -0.2) is 25.5 Å². The zero-order valence-electron chi connectivity index (χ0n) is 14.4. The molecule has 0 radical (unpaired) electrons. The summed E-state index contributed by atoms with van der Waals surface area (Å²) in [4.78, 5) is 12.8. The zero-order valence-corrected chi connectivity index (χ0v) is 14.4. The fourth-order valence-electron chi connectivity index (χ4n) is 5.87. The van der Waals surface area contributed by atoms with E-state index in [0.29, 0.717) is 30.1 Å². The zero-order chi connectivity index (χ0) is 16.2. The number of nitrogens with one attached hydrogen (secondary N) is 1. The molecule has 5 atom stereocenters. The van der Waals surface area contributed by atoms with E-state index in [9.17, 15) is 4.79 Å². The summed E-state index contributed by atoms with van der Waals surface area (Å²) in [6.07, 6.45) is 3.97. The van der Waals surface area contributed by atoms with Gasteiger partial charge in [0.05, 0.1) is 7.11 Å². The summed E-state index contributed by atoms with van der Waals surface area (Å²) in [5.41, 5.74) is 2.84. The minimum Gasteiger partial charge on any atom is -0.497 e. The molecule has 1 aliphatic heterocycles. The second-order valence-corrected chi connectivity index (χ2v) is 7.72. The van der Waals surface area contributed by atoms with Crippen molar-refractivity contribution in [1.29, 1.82) is 0 Å². The Hall–Kier alpha value is -1.35. The predicted molar refractivity (Wildman–Crippen MR) is 90.8 cm³/mol. The Morgan fingerprint density at radius 2 is 2.22 bits per heavy atom. The standard InChI is InChI=1S/C20H27NO2/c1-4-15-12(2)18(22)11-20-7-8-21-17(19(15)20)9-13-5-6-14(23-3)10-16(13)20/h5-6,10,12,15,17,19,21H,4,7-9,11H2,1-3H3/t12-,15-,17+,19-,20+/m0/s1. The van der Waals surface area contributed by atoms with Crippen molar-refractivity contribution in [1.82, 2.24) is 5.32 Å². The van der Waals surface area contributed by atoms with Gasteiger partial charge in [0.15, 0.2) is 0 Å². The first-order valence-corrected chi connectivity index (χ1v) is 9.04. The molecule has 2 aliphatic carbocycles. The Bertz CT molecular complexity index is 641. The Balaban J connectivity index is 1.91. The summed E-state index contributed by atoms with van der Waals surface area (Å²) in [5, 5.41) is 3.77. The quantitative estimate of drug-likeness (QED) is 0.912. The van der Waals surface area contributed by atoms with Gasteiger partial charge >= 0.3 is 0 Å². The van der Waals surface area contributed by atoms with Gasteiger partial charge in [0.25, 0.3) is 0 Å². The number of ether oxygens (including phenoxy) is 1. The Morgan fingerprint density at radius 3 is 2.96 bits per heavy atom. The molecule has 124 valence electrons. The third kappa shape index (κ3) is 2.02. The van der Waals surface area contributed by atoms with Crippen molar-refractivity contribution in [3.8, 4) is 5.75 Å². The van der Waals surface area contributed by atoms with Crippen molar-refractivity contribution < 1.29 is 9.53 Å². The molecular weight excluding hydrogens is 286 g/mol. The third-order valence-corrected chi connectivity index (χ3v) is 6.91. The van der Waals surface area contributed by atoms with E-state index in [1.165, 1.54) is 11.1 Å². The van der Waals surface area contributed by atoms with Gasteiger partial charge in [0, 0.05) is 23.8 Å². The molecule has 1 saturated heterocycles. The summed E-state index contributed by atoms with van der Waals surface area (Å²) in [7, 11) is 1.73. The van der Waals surface area contributed by atoms with Gasteiger partial charge in [-0.1, -0.05) is 26.3 Å². The molecule has 1 aromatic rings. The molecule has 1 aromatic carbocycles. The summed E-state index contributed by atoms with van der Waals surface area (Å²) in [6.45, 7) is 5.43. The number of piperidine rings is 1. The van der Waals surface area contributed by atoms with Crippen LogP contribution in [0.25, 0.3) is 0 Å². The summed E-state index contributed by atoms with van der Waals surface area (Å²) < 4.78 is 5.49. The number of fused-ring (bicyclic) bond motifs is 1. The predicted octanol–water partition coefficient (Wildman–Crippen LogP) is 3.10. The minimum absolute atomic E-state index is 0.0301. The van der Waals surface area contributed by atoms with Gasteiger partial charge in [-0.05, 0) is 54.5 Å². The molecule has 4 rings (SSSR count). The second kappa shape index (κ2) is 5.34. The van der Waals surface area contributed by atoms with E-state index in [4.69, 9.17) is 4.74 Å². The molecule has 2 bridgehead atoms. The molecule has 1 N–H and O–H groups in total. The first kappa shape index (κ1) is 15.2. The maximum absolute atomic E-state index is 12.8. The molecular formula is C20H27NO2. The van der Waals surface area contributed by atoms with Crippen LogP contribution in [0.3, 0.4) is 0 Å². The van der Waals surface area contributed by atoms with Crippen molar-refractivity contribution in [2.24, 2.45) is 17.8 Å². The maximum Gasteiger partial charge on any atom is 0.136 e. The minimum atomic E-state index is 0.0301. The largest absolute Gasteiger partial charge is 0.497 e. The van der Waals surface area contributed by atoms with Crippen LogP contribution in [0.15, 0.2) is 18.2 Å². The number of hydrogen-bond donors (Lipinski definition) is 1. The SMILES string of the molecule is CC[C@@H]1[C@H]2[C@H]3Cc4ccc(OC)cc4[C@@]2(CCN3)CC(=O)[C@H]1C. The van der Waals surface area contributed by atoms with Crippen molar-refractivity contribution in [2.75, 3.05) is 13.7 Å². The monoisotopic (exact) mass is 313 g/mol. The normalized spacial score (nSPS) is 38.7. The van der Waals surface area contributed by atoms with E-state index in [1.807, 2.05) is 0 Å². The Morgan fingerprint density at radius 1 is 1.39 bits per heavy atom. The number of carbonyl (C=O) groups excluding carboxylic acids is 1. The van der Waals surface area contributed by atoms with Crippen LogP contribution in [0.5, 0.6) is 5.75 Å². The van der Waals surface area contributed by atoms with E-state index < -0.39 is 0 Å². The van der Waals surface area contributed by atoms with E-state index in [0.717, 1.165) is 31.6 Å². The van der Waals surface area contributed by atoms with Gasteiger partial charge in [-0.15, -0.1) is 0 Å². The number of methoxy groups -OCH3 is 1. The summed E-state index contributed by atoms with van der Waals surface area (Å²) in [5.74, 6) is 2.66. The Kier molecular flexibility index (Phi) is 3.53. The average Bonchev–Trinajstić information content (AvgIpc) is 2.55. The lowest BCUT2D eigenvalue weighted by atomic mass is 9.47. The molecule has 1 heterocycles. The molecule has 0 aromatic heterocycles. The molecule has 23 heavy (non-hydrogen) atoms. The highest BCUT2D eigenvalue weighted by Gasteiger charge is 2.58. The fraction of sp³-hybridized carbons (Fsp3) is 0.650. The highest BCUT2D eigenvalue weighted by molar-refractivity contribution is 5.84. The maximum atomic E-state index is 12.8. The molecule has 0 amide bonds. The molecule has 3 heteroatoms. The molecule has 0 unspecified atom stereocenters. The highest BCUT2D eigenvalue weighted by Crippen LogP contribution is 2.57. The van der Waals surface area contributed by atoms with Crippen molar-refractivity contribution >= 4 is 5.78 Å². The molecule has 1 saturated carbocycles. The van der Waals surface area contributed by atoms with Crippen molar-refractivity contribution in [2.45, 2.75) is 51.0 Å². The lowest BCUT2D eigenvalue weighted by molar-refractivity contribution is -0.134. The number of benzene rings is 1. The van der Waals surface area contributed by atoms with Gasteiger partial charge < -0.3 is 10.1 Å². The van der Waals surface area contributed by atoms with Gasteiger partial charge in [-0.2, -0.15) is 0 Å². The number of hydrogen-bond acceptors (Lipinski definition) is 3. The van der Waals surface area contributed by atoms with Crippen molar-refractivity contribution in [3.63, 3.8) is 0 Å². The highest BCUT2D eigenvalue weighted by atomic mass is 16.5. The molecule has 2 fully saturated rings. The van der Waals surface area contributed by atoms with E-state index in [-0.39, 0.29) is 11.3 Å². The number of carbonyl (C=O) groups is 1. The summed E-state index contributed by atoms with van der Waals surface area (Å²) >= 11 is 0. The van der Waals surface area contributed by atoms with Crippen LogP contribution in [-0.2, 0) is 16.6 Å². The first-order valence-electron chi connectivity index (χ1n) is 9.04. The first-order chi connectivity index (χ1) is 11.1. The van der Waals surface area contributed by atoms with Crippen LogP contribution in [0.1, 0.15) is 44.2 Å². The van der Waals surface area contributed by atoms with Crippen LogP contribution >= 0.6 is 0 Å². The van der Waals surface area contributed by atoms with E-state index >= 15 is 0 Å². The van der Waals surface area contributed by atoms with Gasteiger partial charge in [0.1, 0.15) is 11.5 Å². The lowest BCUT2D eigenvalue weighted by Gasteiger charge is -2.59. The van der Waals surface area contributed by atoms with Gasteiger partial charge in [0.2, 0.25) is 0 Å². The van der Waals surface area contributed by atoms with Crippen molar-refractivity contribution in [3.05, 3.63) is 29.3 Å². The van der Waals surface area contributed by atoms with E-state index in [1.54, 1.807) is 7.11 Å². The lowest BCUT2D eigenvalue weighted by Crippen LogP contribution is -2.64. The fourth-order valence-corrected chi connectivity index (χ4v) is 5.87. The number of rotatable bonds is 2. The Labute approximate surface area is 138 Å². The second-order valence-electron chi connectivity index (χ2n) is 7.72. The van der Waals surface area contributed by atoms with Gasteiger partial charge in [-0.3, -0.25) is 4.79 Å². The van der Waals surface area contributed by atoms with Crippen LogP contribution in [0.2, 0.25) is 0 Å². The number of Topliss-reactive ketones (excluding diaryl/α,β-unsaturated/α-hetero) is 1. The van der Waals surface area contributed by atoms with Crippen LogP contribution in [0.4, 0.5) is 0 Å². The molecule has 0 spiro atoms. The average molecular weight is 313 g/mol. The molecule has 3 aliphatic rings. The number of ketones is 1. The third-order valence-electron chi connectivity index (χ3n) is 6.91. The van der Waals surface area contributed by atoms with E-state index in [2.05, 4.69) is 37.4 Å². The van der Waals surface area contributed by atoms with Crippen LogP contribution < -0.4 is 10.1 Å². The van der Waals surface area contributed by atoms with Crippen LogP contribution in [0, 0.1) is 17.8 Å². The summed E-state index contributed by atoms with van der Waals surface area (Å²) in [6, 6.07) is 7.02. The molecule has 3 nitrogen and oxygen atoms in total.